The molecule has 1 N–H and O–H groups in total. The number of likely N-dealkylation sites (N-methyl/N-ethyl adjacent to an activating group) is 1. The minimum Gasteiger partial charge on any atom is -0.493 e. The maximum Gasteiger partial charge on any atom is 0.210 e. The zero-order valence-electron chi connectivity index (χ0n) is 16.9. The van der Waals surface area contributed by atoms with Gasteiger partial charge in [0.05, 0.1) is 12.8 Å². The lowest BCUT2D eigenvalue weighted by Crippen LogP contribution is -2.52. The summed E-state index contributed by atoms with van der Waals surface area (Å²) in [4.78, 5) is 9.52. The van der Waals surface area contributed by atoms with E-state index in [4.69, 9.17) is 4.74 Å². The largest absolute Gasteiger partial charge is 0.493 e. The first kappa shape index (κ1) is 17.9. The Balaban J connectivity index is 1.28. The summed E-state index contributed by atoms with van der Waals surface area (Å²) in [6.45, 7) is 2.88. The second kappa shape index (κ2) is 6.80. The van der Waals surface area contributed by atoms with Gasteiger partial charge in [-0.1, -0.05) is 0 Å². The number of aromatic nitrogens is 4. The highest BCUT2D eigenvalue weighted by molar-refractivity contribution is 5.70. The number of nitrogens with zero attached hydrogens (tertiary/aromatic N) is 6. The van der Waals surface area contributed by atoms with Crippen LogP contribution in [0.15, 0.2) is 24.7 Å². The standard InChI is InChI=1S/C21H24FN7O/c1-27-13-2-3-14(27)11-28(10-13)18-9-24-21(29-12-25-26-20(18)29)23-8-16-15-6-7-30-19(15)5-4-17(16)22/h4-5,9,12-14H,2-3,6-8,10-11H2,1H3,(H,23,24). The molecule has 0 amide bonds. The van der Waals surface area contributed by atoms with Crippen molar-refractivity contribution in [1.82, 2.24) is 24.5 Å². The van der Waals surface area contributed by atoms with Crippen LogP contribution in [0.2, 0.25) is 0 Å². The normalized spacial score (nSPS) is 23.1. The lowest BCUT2D eigenvalue weighted by atomic mass is 10.0. The minimum atomic E-state index is -0.226. The molecule has 9 heteroatoms. The second-order valence-electron chi connectivity index (χ2n) is 8.40. The number of fused-ring (bicyclic) bond motifs is 4. The topological polar surface area (TPSA) is 70.8 Å². The predicted molar refractivity (Wildman–Crippen MR) is 110 cm³/mol. The Hall–Kier alpha value is -2.94. The van der Waals surface area contributed by atoms with E-state index in [9.17, 15) is 4.39 Å². The van der Waals surface area contributed by atoms with Gasteiger partial charge in [0.15, 0.2) is 5.65 Å². The monoisotopic (exact) mass is 409 g/mol. The van der Waals surface area contributed by atoms with Crippen LogP contribution in [0.4, 0.5) is 16.0 Å². The molecule has 3 aromatic rings. The fourth-order valence-corrected chi connectivity index (χ4v) is 5.14. The summed E-state index contributed by atoms with van der Waals surface area (Å²) in [5.74, 6) is 1.15. The van der Waals surface area contributed by atoms with E-state index in [2.05, 4.69) is 37.3 Å². The first-order valence-electron chi connectivity index (χ1n) is 10.5. The lowest BCUT2D eigenvalue weighted by Gasteiger charge is -2.39. The van der Waals surface area contributed by atoms with Gasteiger partial charge in [0.2, 0.25) is 5.95 Å². The smallest absolute Gasteiger partial charge is 0.210 e. The van der Waals surface area contributed by atoms with Crippen LogP contribution in [-0.2, 0) is 13.0 Å². The van der Waals surface area contributed by atoms with E-state index in [-0.39, 0.29) is 5.82 Å². The summed E-state index contributed by atoms with van der Waals surface area (Å²) in [6, 6.07) is 4.33. The summed E-state index contributed by atoms with van der Waals surface area (Å²) >= 11 is 0. The minimum absolute atomic E-state index is 0.226. The predicted octanol–water partition coefficient (Wildman–Crippen LogP) is 2.09. The number of nitrogens with one attached hydrogen (secondary N) is 1. The first-order valence-corrected chi connectivity index (χ1v) is 10.5. The summed E-state index contributed by atoms with van der Waals surface area (Å²) < 4.78 is 21.9. The molecule has 1 aromatic carbocycles. The molecule has 2 fully saturated rings. The fourth-order valence-electron chi connectivity index (χ4n) is 5.14. The third-order valence-electron chi connectivity index (χ3n) is 6.87. The quantitative estimate of drug-likeness (QED) is 0.708. The van der Waals surface area contributed by atoms with E-state index >= 15 is 0 Å². The lowest BCUT2D eigenvalue weighted by molar-refractivity contribution is 0.212. The van der Waals surface area contributed by atoms with Crippen molar-refractivity contribution in [2.75, 3.05) is 37.0 Å². The molecule has 0 radical (unpaired) electrons. The fraction of sp³-hybridized carbons (Fsp3) is 0.476. The van der Waals surface area contributed by atoms with E-state index in [1.54, 1.807) is 12.4 Å². The van der Waals surface area contributed by atoms with Gasteiger partial charge in [-0.15, -0.1) is 10.2 Å². The average Bonchev–Trinajstić information content (AvgIpc) is 3.46. The Kier molecular flexibility index (Phi) is 4.05. The Morgan fingerprint density at radius 3 is 2.90 bits per heavy atom. The van der Waals surface area contributed by atoms with Crippen molar-refractivity contribution in [3.63, 3.8) is 0 Å². The molecule has 5 heterocycles. The van der Waals surface area contributed by atoms with E-state index in [1.165, 1.54) is 18.9 Å². The van der Waals surface area contributed by atoms with Crippen LogP contribution in [0.1, 0.15) is 24.0 Å². The Morgan fingerprint density at radius 1 is 1.23 bits per heavy atom. The van der Waals surface area contributed by atoms with Crippen molar-refractivity contribution in [2.45, 2.75) is 37.9 Å². The molecule has 3 aliphatic rings. The van der Waals surface area contributed by atoms with Gasteiger partial charge in [0.25, 0.3) is 0 Å². The third-order valence-corrected chi connectivity index (χ3v) is 6.87. The van der Waals surface area contributed by atoms with Crippen molar-refractivity contribution < 1.29 is 9.13 Å². The Morgan fingerprint density at radius 2 is 2.07 bits per heavy atom. The molecular weight excluding hydrogens is 385 g/mol. The molecule has 2 atom stereocenters. The number of ether oxygens (including phenoxy) is 1. The third kappa shape index (κ3) is 2.72. The van der Waals surface area contributed by atoms with E-state index in [0.717, 1.165) is 42.2 Å². The Bertz CT molecular complexity index is 1100. The number of piperazine rings is 1. The van der Waals surface area contributed by atoms with Crippen LogP contribution >= 0.6 is 0 Å². The molecule has 2 unspecified atom stereocenters. The first-order chi connectivity index (χ1) is 14.7. The van der Waals surface area contributed by atoms with Crippen LogP contribution in [0.25, 0.3) is 5.65 Å². The highest BCUT2D eigenvalue weighted by Gasteiger charge is 2.38. The van der Waals surface area contributed by atoms with E-state index < -0.39 is 0 Å². The van der Waals surface area contributed by atoms with Gasteiger partial charge in [-0.25, -0.2) is 13.8 Å². The highest BCUT2D eigenvalue weighted by atomic mass is 19.1. The van der Waals surface area contributed by atoms with Crippen molar-refractivity contribution >= 4 is 17.3 Å². The van der Waals surface area contributed by atoms with E-state index in [0.29, 0.717) is 36.7 Å². The van der Waals surface area contributed by atoms with Crippen molar-refractivity contribution in [3.05, 3.63) is 41.6 Å². The molecule has 0 spiro atoms. The molecule has 2 bridgehead atoms. The highest BCUT2D eigenvalue weighted by Crippen LogP contribution is 2.33. The number of hydrogen-bond donors (Lipinski definition) is 1. The maximum absolute atomic E-state index is 14.5. The van der Waals surface area contributed by atoms with Gasteiger partial charge in [-0.05, 0) is 32.0 Å². The molecular formula is C21H24FN7O. The molecule has 3 aliphatic heterocycles. The summed E-state index contributed by atoms with van der Waals surface area (Å²) in [7, 11) is 2.22. The van der Waals surface area contributed by atoms with Gasteiger partial charge in [-0.3, -0.25) is 4.90 Å². The van der Waals surface area contributed by atoms with Gasteiger partial charge in [0, 0.05) is 49.3 Å². The van der Waals surface area contributed by atoms with Crippen LogP contribution in [0.5, 0.6) is 5.75 Å². The zero-order valence-corrected chi connectivity index (χ0v) is 16.9. The van der Waals surface area contributed by atoms with Gasteiger partial charge in [0.1, 0.15) is 23.6 Å². The molecule has 0 saturated carbocycles. The van der Waals surface area contributed by atoms with Crippen LogP contribution in [0, 0.1) is 5.82 Å². The molecule has 0 aliphatic carbocycles. The molecule has 2 aromatic heterocycles. The number of anilines is 2. The van der Waals surface area contributed by atoms with Crippen LogP contribution < -0.4 is 15.0 Å². The Labute approximate surface area is 173 Å². The van der Waals surface area contributed by atoms with Gasteiger partial charge < -0.3 is 15.0 Å². The zero-order chi connectivity index (χ0) is 20.2. The van der Waals surface area contributed by atoms with Crippen LogP contribution in [-0.4, -0.2) is 63.3 Å². The maximum atomic E-state index is 14.5. The second-order valence-corrected chi connectivity index (χ2v) is 8.40. The van der Waals surface area contributed by atoms with Gasteiger partial charge >= 0.3 is 0 Å². The van der Waals surface area contributed by atoms with Crippen molar-refractivity contribution in [2.24, 2.45) is 0 Å². The van der Waals surface area contributed by atoms with Crippen molar-refractivity contribution in [1.29, 1.82) is 0 Å². The number of benzene rings is 1. The molecule has 8 nitrogen and oxygen atoms in total. The SMILES string of the molecule is CN1C2CCC1CN(c1cnc(NCc3c(F)ccc4c3CCO4)n3cnnc13)C2. The summed E-state index contributed by atoms with van der Waals surface area (Å²) in [5.41, 5.74) is 3.35. The number of hydrogen-bond acceptors (Lipinski definition) is 7. The summed E-state index contributed by atoms with van der Waals surface area (Å²) in [6.07, 6.45) is 6.73. The molecule has 30 heavy (non-hydrogen) atoms. The van der Waals surface area contributed by atoms with E-state index in [1.807, 2.05) is 10.6 Å². The number of rotatable bonds is 4. The molecule has 2 saturated heterocycles. The average molecular weight is 409 g/mol. The van der Waals surface area contributed by atoms with Gasteiger partial charge in [-0.2, -0.15) is 0 Å². The summed E-state index contributed by atoms with van der Waals surface area (Å²) in [5, 5.41) is 11.8. The molecule has 6 rings (SSSR count). The number of halogens is 1. The molecule has 156 valence electrons. The van der Waals surface area contributed by atoms with Crippen molar-refractivity contribution in [3.8, 4) is 5.75 Å². The van der Waals surface area contributed by atoms with Crippen LogP contribution in [0.3, 0.4) is 0 Å².